The average molecular weight is 346 g/mol. The van der Waals surface area contributed by atoms with Crippen molar-refractivity contribution in [3.05, 3.63) is 39.8 Å². The summed E-state index contributed by atoms with van der Waals surface area (Å²) in [6.45, 7) is 7.75. The first-order valence-corrected chi connectivity index (χ1v) is 8.46. The Hall–Kier alpha value is -2.25. The average Bonchev–Trinajstić information content (AvgIpc) is 2.98. The Morgan fingerprint density at radius 2 is 1.96 bits per heavy atom. The van der Waals surface area contributed by atoms with Gasteiger partial charge in [-0.2, -0.15) is 0 Å². The van der Waals surface area contributed by atoms with Gasteiger partial charge >= 0.3 is 0 Å². The molecule has 6 nitrogen and oxygen atoms in total. The summed E-state index contributed by atoms with van der Waals surface area (Å²) in [5.41, 5.74) is 7.54. The van der Waals surface area contributed by atoms with E-state index in [1.165, 1.54) is 11.3 Å². The van der Waals surface area contributed by atoms with Crippen molar-refractivity contribution in [3.63, 3.8) is 0 Å². The Morgan fingerprint density at radius 3 is 2.54 bits per heavy atom. The number of hydrogen-bond acceptors (Lipinski definition) is 5. The summed E-state index contributed by atoms with van der Waals surface area (Å²) >= 11 is 1.35. The molecule has 128 valence electrons. The molecule has 1 aromatic carbocycles. The summed E-state index contributed by atoms with van der Waals surface area (Å²) in [6, 6.07) is 5.38. The minimum atomic E-state index is -0.495. The number of aryl methyl sites for hydroxylation is 1. The summed E-state index contributed by atoms with van der Waals surface area (Å²) in [7, 11) is 0. The summed E-state index contributed by atoms with van der Waals surface area (Å²) < 4.78 is 0. The van der Waals surface area contributed by atoms with Crippen LogP contribution in [0.1, 0.15) is 41.8 Å². The molecule has 2 amide bonds. The van der Waals surface area contributed by atoms with E-state index in [1.54, 1.807) is 17.5 Å². The number of hydrogen-bond donors (Lipinski definition) is 3. The molecule has 0 saturated heterocycles. The summed E-state index contributed by atoms with van der Waals surface area (Å²) in [6.07, 6.45) is 0. The van der Waals surface area contributed by atoms with Crippen LogP contribution in [0.5, 0.6) is 0 Å². The van der Waals surface area contributed by atoms with Crippen LogP contribution in [0.2, 0.25) is 0 Å². The van der Waals surface area contributed by atoms with Crippen molar-refractivity contribution in [2.24, 2.45) is 11.1 Å². The van der Waals surface area contributed by atoms with Crippen LogP contribution < -0.4 is 16.4 Å². The van der Waals surface area contributed by atoms with E-state index in [0.29, 0.717) is 28.6 Å². The van der Waals surface area contributed by atoms with Gasteiger partial charge in [0.25, 0.3) is 5.91 Å². The second-order valence-corrected chi connectivity index (χ2v) is 7.46. The van der Waals surface area contributed by atoms with Crippen molar-refractivity contribution in [2.75, 3.05) is 10.6 Å². The molecule has 0 radical (unpaired) electrons. The fraction of sp³-hybridized carbons (Fsp3) is 0.353. The first kappa shape index (κ1) is 18.1. The first-order valence-electron chi connectivity index (χ1n) is 7.58. The van der Waals surface area contributed by atoms with Crippen LogP contribution in [-0.2, 0) is 11.3 Å². The van der Waals surface area contributed by atoms with E-state index in [4.69, 9.17) is 5.73 Å². The van der Waals surface area contributed by atoms with Gasteiger partial charge < -0.3 is 16.4 Å². The maximum Gasteiger partial charge on any atom is 0.275 e. The molecule has 2 rings (SSSR count). The lowest BCUT2D eigenvalue weighted by Crippen LogP contribution is -2.28. The van der Waals surface area contributed by atoms with Crippen LogP contribution in [0, 0.1) is 12.3 Å². The Balaban J connectivity index is 2.15. The minimum absolute atomic E-state index is 0.0823. The van der Waals surface area contributed by atoms with Crippen molar-refractivity contribution in [1.82, 2.24) is 4.98 Å². The maximum absolute atomic E-state index is 12.2. The molecule has 0 fully saturated rings. The molecule has 1 aromatic heterocycles. The van der Waals surface area contributed by atoms with Crippen LogP contribution in [0.3, 0.4) is 0 Å². The van der Waals surface area contributed by atoms with Gasteiger partial charge in [0.15, 0.2) is 0 Å². The number of anilines is 2. The molecule has 7 heteroatoms. The fourth-order valence-electron chi connectivity index (χ4n) is 1.85. The Labute approximate surface area is 145 Å². The SMILES string of the molecule is Cc1ccc(NC(=O)c2csc(CN)n2)cc1NC(=O)C(C)(C)C. The Morgan fingerprint density at radius 1 is 1.25 bits per heavy atom. The van der Waals surface area contributed by atoms with E-state index in [-0.39, 0.29) is 11.8 Å². The fourth-order valence-corrected chi connectivity index (χ4v) is 2.50. The molecule has 0 aliphatic rings. The Bertz CT molecular complexity index is 762. The zero-order valence-corrected chi connectivity index (χ0v) is 15.1. The standard InChI is InChI=1S/C17H22N4O2S/c1-10-5-6-11(7-12(10)21-16(23)17(2,3)4)19-15(22)13-9-24-14(8-18)20-13/h5-7,9H,8,18H2,1-4H3,(H,19,22)(H,21,23). The third-order valence-electron chi connectivity index (χ3n) is 3.38. The lowest BCUT2D eigenvalue weighted by atomic mass is 9.95. The highest BCUT2D eigenvalue weighted by Gasteiger charge is 2.22. The van der Waals surface area contributed by atoms with E-state index >= 15 is 0 Å². The van der Waals surface area contributed by atoms with Gasteiger partial charge in [0.2, 0.25) is 5.91 Å². The van der Waals surface area contributed by atoms with E-state index in [9.17, 15) is 9.59 Å². The number of thiazole rings is 1. The number of carbonyl (C=O) groups excluding carboxylic acids is 2. The summed E-state index contributed by atoms with van der Waals surface area (Å²) in [4.78, 5) is 28.5. The summed E-state index contributed by atoms with van der Waals surface area (Å²) in [5.74, 6) is -0.385. The van der Waals surface area contributed by atoms with Crippen LogP contribution in [-0.4, -0.2) is 16.8 Å². The lowest BCUT2D eigenvalue weighted by molar-refractivity contribution is -0.123. The highest BCUT2D eigenvalue weighted by molar-refractivity contribution is 7.09. The quantitative estimate of drug-likeness (QED) is 0.792. The Kier molecular flexibility index (Phi) is 5.36. The van der Waals surface area contributed by atoms with Crippen molar-refractivity contribution in [1.29, 1.82) is 0 Å². The number of aromatic nitrogens is 1. The van der Waals surface area contributed by atoms with Crippen molar-refractivity contribution >= 4 is 34.5 Å². The monoisotopic (exact) mass is 346 g/mol. The smallest absolute Gasteiger partial charge is 0.275 e. The number of nitrogens with zero attached hydrogens (tertiary/aromatic N) is 1. The molecule has 0 spiro atoms. The number of rotatable bonds is 4. The van der Waals surface area contributed by atoms with Crippen molar-refractivity contribution < 1.29 is 9.59 Å². The molecule has 0 aliphatic heterocycles. The van der Waals surface area contributed by atoms with Crippen LogP contribution in [0.15, 0.2) is 23.6 Å². The zero-order valence-electron chi connectivity index (χ0n) is 14.3. The predicted octanol–water partition coefficient (Wildman–Crippen LogP) is 3.15. The molecule has 0 saturated carbocycles. The number of benzene rings is 1. The molecule has 4 N–H and O–H groups in total. The van der Waals surface area contributed by atoms with Gasteiger partial charge in [-0.15, -0.1) is 11.3 Å². The molecular weight excluding hydrogens is 324 g/mol. The van der Waals surface area contributed by atoms with Crippen LogP contribution in [0.25, 0.3) is 0 Å². The first-order chi connectivity index (χ1) is 11.2. The third-order valence-corrected chi connectivity index (χ3v) is 4.25. The lowest BCUT2D eigenvalue weighted by Gasteiger charge is -2.19. The number of carbonyl (C=O) groups is 2. The van der Waals surface area contributed by atoms with Gasteiger partial charge in [-0.05, 0) is 24.6 Å². The van der Waals surface area contributed by atoms with E-state index in [1.807, 2.05) is 33.8 Å². The third kappa shape index (κ3) is 4.39. The van der Waals surface area contributed by atoms with Crippen molar-refractivity contribution in [3.8, 4) is 0 Å². The molecule has 0 unspecified atom stereocenters. The number of nitrogens with two attached hydrogens (primary N) is 1. The second-order valence-electron chi connectivity index (χ2n) is 6.52. The molecule has 0 aliphatic carbocycles. The molecule has 24 heavy (non-hydrogen) atoms. The molecule has 0 atom stereocenters. The zero-order chi connectivity index (χ0) is 17.9. The van der Waals surface area contributed by atoms with Gasteiger partial charge in [-0.1, -0.05) is 26.8 Å². The van der Waals surface area contributed by atoms with E-state index in [2.05, 4.69) is 15.6 Å². The number of nitrogens with one attached hydrogen (secondary N) is 2. The maximum atomic E-state index is 12.2. The highest BCUT2D eigenvalue weighted by atomic mass is 32.1. The highest BCUT2D eigenvalue weighted by Crippen LogP contribution is 2.24. The molecule has 1 heterocycles. The van der Waals surface area contributed by atoms with Crippen LogP contribution in [0.4, 0.5) is 11.4 Å². The predicted molar refractivity (Wildman–Crippen MR) is 97.2 cm³/mol. The molecule has 2 aromatic rings. The van der Waals surface area contributed by atoms with Crippen LogP contribution >= 0.6 is 11.3 Å². The topological polar surface area (TPSA) is 97.1 Å². The normalized spacial score (nSPS) is 11.2. The molecule has 0 bridgehead atoms. The van der Waals surface area contributed by atoms with Crippen molar-refractivity contribution in [2.45, 2.75) is 34.2 Å². The van der Waals surface area contributed by atoms with Gasteiger partial charge in [0.05, 0.1) is 0 Å². The van der Waals surface area contributed by atoms with Gasteiger partial charge in [-0.3, -0.25) is 9.59 Å². The van der Waals surface area contributed by atoms with Gasteiger partial charge in [0.1, 0.15) is 10.7 Å². The molecular formula is C17H22N4O2S. The van der Waals surface area contributed by atoms with Gasteiger partial charge in [-0.25, -0.2) is 4.98 Å². The largest absolute Gasteiger partial charge is 0.325 e. The second kappa shape index (κ2) is 7.11. The minimum Gasteiger partial charge on any atom is -0.325 e. The van der Waals surface area contributed by atoms with E-state index in [0.717, 1.165) is 5.56 Å². The van der Waals surface area contributed by atoms with Gasteiger partial charge in [0, 0.05) is 28.7 Å². The number of amides is 2. The van der Waals surface area contributed by atoms with E-state index < -0.39 is 5.41 Å². The summed E-state index contributed by atoms with van der Waals surface area (Å²) in [5, 5.41) is 8.07.